The van der Waals surface area contributed by atoms with Crippen molar-refractivity contribution in [1.82, 2.24) is 9.29 Å². The first-order valence-electron chi connectivity index (χ1n) is 6.87. The Hall–Kier alpha value is -1.86. The third-order valence-corrected chi connectivity index (χ3v) is 5.70. The van der Waals surface area contributed by atoms with Gasteiger partial charge in [-0.2, -0.15) is 4.31 Å². The highest BCUT2D eigenvalue weighted by molar-refractivity contribution is 7.89. The Labute approximate surface area is 127 Å². The molecule has 3 rings (SSSR count). The minimum absolute atomic E-state index is 0.283. The molecule has 2 heterocycles. The summed E-state index contributed by atoms with van der Waals surface area (Å²) in [5.74, 6) is -1.72. The highest BCUT2D eigenvalue weighted by atomic mass is 32.2. The van der Waals surface area contributed by atoms with Gasteiger partial charge in [0.05, 0.1) is 6.04 Å². The molecule has 2 aromatic rings. The Morgan fingerprint density at radius 1 is 1.14 bits per heavy atom. The lowest BCUT2D eigenvalue weighted by Gasteiger charge is -2.24. The fourth-order valence-electron chi connectivity index (χ4n) is 2.75. The molecule has 22 heavy (non-hydrogen) atoms. The topological polar surface area (TPSA) is 50.3 Å². The monoisotopic (exact) mass is 324 g/mol. The largest absolute Gasteiger partial charge is 0.265 e. The zero-order chi connectivity index (χ0) is 15.7. The van der Waals surface area contributed by atoms with Crippen LogP contribution in [0.5, 0.6) is 0 Å². The number of sulfonamides is 1. The van der Waals surface area contributed by atoms with Gasteiger partial charge in [0.1, 0.15) is 16.5 Å². The Morgan fingerprint density at radius 3 is 2.59 bits per heavy atom. The van der Waals surface area contributed by atoms with Crippen molar-refractivity contribution in [3.63, 3.8) is 0 Å². The van der Waals surface area contributed by atoms with E-state index in [-0.39, 0.29) is 12.6 Å². The molecule has 1 aromatic carbocycles. The van der Waals surface area contributed by atoms with Gasteiger partial charge in [0.15, 0.2) is 0 Å². The predicted octanol–water partition coefficient (Wildman–Crippen LogP) is 2.89. The number of aromatic nitrogens is 1. The van der Waals surface area contributed by atoms with Gasteiger partial charge >= 0.3 is 0 Å². The molecule has 1 fully saturated rings. The maximum Gasteiger partial charge on any atom is 0.246 e. The van der Waals surface area contributed by atoms with E-state index < -0.39 is 26.6 Å². The summed E-state index contributed by atoms with van der Waals surface area (Å²) in [6.07, 6.45) is 4.48. The van der Waals surface area contributed by atoms with Gasteiger partial charge in [-0.15, -0.1) is 0 Å². The summed E-state index contributed by atoms with van der Waals surface area (Å²) in [6, 6.07) is 5.56. The quantitative estimate of drug-likeness (QED) is 0.872. The first kappa shape index (κ1) is 15.1. The summed E-state index contributed by atoms with van der Waals surface area (Å²) in [7, 11) is -4.09. The van der Waals surface area contributed by atoms with E-state index >= 15 is 0 Å². The van der Waals surface area contributed by atoms with Gasteiger partial charge < -0.3 is 0 Å². The van der Waals surface area contributed by atoms with Gasteiger partial charge in [-0.25, -0.2) is 17.2 Å². The molecule has 116 valence electrons. The fourth-order valence-corrected chi connectivity index (χ4v) is 4.51. The van der Waals surface area contributed by atoms with E-state index in [0.717, 1.165) is 23.8 Å². The number of hydrogen-bond donors (Lipinski definition) is 0. The van der Waals surface area contributed by atoms with E-state index in [1.165, 1.54) is 4.31 Å². The minimum Gasteiger partial charge on any atom is -0.265 e. The molecule has 0 radical (unpaired) electrons. The van der Waals surface area contributed by atoms with Crippen LogP contribution in [0.2, 0.25) is 0 Å². The summed E-state index contributed by atoms with van der Waals surface area (Å²) < 4.78 is 53.8. The molecule has 1 aliphatic rings. The van der Waals surface area contributed by atoms with Gasteiger partial charge in [0.25, 0.3) is 0 Å². The third kappa shape index (κ3) is 2.62. The molecule has 7 heteroatoms. The van der Waals surface area contributed by atoms with Gasteiger partial charge in [0, 0.05) is 18.9 Å². The Balaban J connectivity index is 2.03. The van der Waals surface area contributed by atoms with Crippen molar-refractivity contribution in [3.8, 4) is 0 Å². The van der Waals surface area contributed by atoms with Crippen molar-refractivity contribution >= 4 is 10.0 Å². The minimum atomic E-state index is -4.09. The molecule has 0 saturated carbocycles. The summed E-state index contributed by atoms with van der Waals surface area (Å²) in [5.41, 5.74) is 0.799. The Bertz CT molecular complexity index is 781. The number of rotatable bonds is 3. The predicted molar refractivity (Wildman–Crippen MR) is 76.5 cm³/mol. The van der Waals surface area contributed by atoms with Crippen LogP contribution in [0.15, 0.2) is 47.6 Å². The second kappa shape index (κ2) is 5.73. The highest BCUT2D eigenvalue weighted by Crippen LogP contribution is 2.36. The van der Waals surface area contributed by atoms with E-state index in [0.29, 0.717) is 12.8 Å². The molecule has 1 aromatic heterocycles. The first-order chi connectivity index (χ1) is 10.5. The van der Waals surface area contributed by atoms with E-state index in [4.69, 9.17) is 0 Å². The SMILES string of the molecule is O=S(=O)(c1cc(F)ccc1F)N1CCC[C@@H]1c1ccncc1. The average molecular weight is 324 g/mol. The molecular formula is C15H14F2N2O2S. The second-order valence-corrected chi connectivity index (χ2v) is 6.99. The lowest BCUT2D eigenvalue weighted by molar-refractivity contribution is 0.393. The lowest BCUT2D eigenvalue weighted by Crippen LogP contribution is -2.31. The normalized spacial score (nSPS) is 19.5. The number of halogens is 2. The third-order valence-electron chi connectivity index (χ3n) is 3.77. The van der Waals surface area contributed by atoms with Gasteiger partial charge in [-0.05, 0) is 48.7 Å². The van der Waals surface area contributed by atoms with Crippen molar-refractivity contribution in [1.29, 1.82) is 0 Å². The molecule has 0 spiro atoms. The van der Waals surface area contributed by atoms with Gasteiger partial charge in [-0.3, -0.25) is 4.98 Å². The lowest BCUT2D eigenvalue weighted by atomic mass is 10.1. The molecule has 4 nitrogen and oxygen atoms in total. The summed E-state index contributed by atoms with van der Waals surface area (Å²) >= 11 is 0. The summed E-state index contributed by atoms with van der Waals surface area (Å²) in [5, 5.41) is 0. The Morgan fingerprint density at radius 2 is 1.86 bits per heavy atom. The Kier molecular flexibility index (Phi) is 3.92. The van der Waals surface area contributed by atoms with E-state index in [1.54, 1.807) is 24.5 Å². The fraction of sp³-hybridized carbons (Fsp3) is 0.267. The molecule has 0 bridgehead atoms. The second-order valence-electron chi connectivity index (χ2n) is 5.13. The molecule has 0 amide bonds. The molecule has 1 atom stereocenters. The number of nitrogens with zero attached hydrogens (tertiary/aromatic N) is 2. The van der Waals surface area contributed by atoms with Crippen LogP contribution in [0, 0.1) is 11.6 Å². The maximum absolute atomic E-state index is 13.9. The van der Waals surface area contributed by atoms with Crippen molar-refractivity contribution in [3.05, 3.63) is 59.9 Å². The van der Waals surface area contributed by atoms with E-state index in [1.807, 2.05) is 0 Å². The summed E-state index contributed by atoms with van der Waals surface area (Å²) in [4.78, 5) is 3.29. The van der Waals surface area contributed by atoms with Crippen LogP contribution >= 0.6 is 0 Å². The average Bonchev–Trinajstić information content (AvgIpc) is 3.01. The number of pyridine rings is 1. The zero-order valence-corrected chi connectivity index (χ0v) is 12.4. The van der Waals surface area contributed by atoms with Crippen LogP contribution in [-0.2, 0) is 10.0 Å². The molecule has 0 aliphatic carbocycles. The van der Waals surface area contributed by atoms with E-state index in [9.17, 15) is 17.2 Å². The molecule has 1 saturated heterocycles. The van der Waals surface area contributed by atoms with Crippen LogP contribution in [0.25, 0.3) is 0 Å². The van der Waals surface area contributed by atoms with Crippen LogP contribution in [0.4, 0.5) is 8.78 Å². The van der Waals surface area contributed by atoms with E-state index in [2.05, 4.69) is 4.98 Å². The van der Waals surface area contributed by atoms with Crippen molar-refractivity contribution < 1.29 is 17.2 Å². The van der Waals surface area contributed by atoms with Gasteiger partial charge in [-0.1, -0.05) is 0 Å². The summed E-state index contributed by atoms with van der Waals surface area (Å²) in [6.45, 7) is 0.283. The maximum atomic E-state index is 13.9. The first-order valence-corrected chi connectivity index (χ1v) is 8.31. The standard InChI is InChI=1S/C15H14F2N2O2S/c16-12-3-4-13(17)15(10-12)22(20,21)19-9-1-2-14(19)11-5-7-18-8-6-11/h3-8,10,14H,1-2,9H2/t14-/m1/s1. The van der Waals surface area contributed by atoms with Crippen molar-refractivity contribution in [2.45, 2.75) is 23.8 Å². The number of hydrogen-bond acceptors (Lipinski definition) is 3. The smallest absolute Gasteiger partial charge is 0.246 e. The van der Waals surface area contributed by atoms with Crippen LogP contribution < -0.4 is 0 Å². The van der Waals surface area contributed by atoms with Gasteiger partial charge in [0.2, 0.25) is 10.0 Å². The molecule has 0 N–H and O–H groups in total. The van der Waals surface area contributed by atoms with Crippen LogP contribution in [0.1, 0.15) is 24.4 Å². The van der Waals surface area contributed by atoms with Crippen molar-refractivity contribution in [2.24, 2.45) is 0 Å². The zero-order valence-electron chi connectivity index (χ0n) is 11.6. The van der Waals surface area contributed by atoms with Crippen LogP contribution in [0.3, 0.4) is 0 Å². The molecule has 0 unspecified atom stereocenters. The highest BCUT2D eigenvalue weighted by Gasteiger charge is 2.37. The van der Waals surface area contributed by atoms with Crippen LogP contribution in [-0.4, -0.2) is 24.3 Å². The number of benzene rings is 1. The molecule has 1 aliphatic heterocycles. The van der Waals surface area contributed by atoms with Crippen molar-refractivity contribution in [2.75, 3.05) is 6.54 Å². The molecular weight excluding hydrogens is 310 g/mol.